The maximum atomic E-state index is 5.13. The lowest BCUT2D eigenvalue weighted by Gasteiger charge is -2.17. The molecular formula is C47H29N3S. The number of fused-ring (bicyclic) bond motifs is 6. The Morgan fingerprint density at radius 2 is 0.824 bits per heavy atom. The molecule has 10 aromatic rings. The summed E-state index contributed by atoms with van der Waals surface area (Å²) in [6, 6.07) is 62.3. The van der Waals surface area contributed by atoms with Crippen LogP contribution in [0.4, 0.5) is 0 Å². The van der Waals surface area contributed by atoms with Crippen molar-refractivity contribution >= 4 is 53.1 Å². The van der Waals surface area contributed by atoms with Crippen molar-refractivity contribution in [1.29, 1.82) is 0 Å². The van der Waals surface area contributed by atoms with Gasteiger partial charge >= 0.3 is 0 Å². The van der Waals surface area contributed by atoms with Crippen molar-refractivity contribution in [2.45, 2.75) is 0 Å². The molecule has 0 amide bonds. The minimum atomic E-state index is 0.650. The number of hydrogen-bond acceptors (Lipinski definition) is 4. The van der Waals surface area contributed by atoms with Crippen molar-refractivity contribution in [1.82, 2.24) is 15.0 Å². The van der Waals surface area contributed by atoms with Gasteiger partial charge in [0.05, 0.1) is 0 Å². The normalized spacial score (nSPS) is 11.5. The smallest absolute Gasteiger partial charge is 0.164 e. The van der Waals surface area contributed by atoms with Gasteiger partial charge in [0, 0.05) is 36.9 Å². The highest BCUT2D eigenvalue weighted by Gasteiger charge is 2.20. The molecule has 0 radical (unpaired) electrons. The molecule has 2 aromatic heterocycles. The Morgan fingerprint density at radius 3 is 1.51 bits per heavy atom. The third-order valence-corrected chi connectivity index (χ3v) is 10.8. The number of aromatic nitrogens is 3. The highest BCUT2D eigenvalue weighted by atomic mass is 32.1. The Hall–Kier alpha value is -6.49. The van der Waals surface area contributed by atoms with Crippen LogP contribution in [0.2, 0.25) is 0 Å². The van der Waals surface area contributed by atoms with E-state index >= 15 is 0 Å². The molecule has 10 rings (SSSR count). The molecule has 0 fully saturated rings. The summed E-state index contributed by atoms with van der Waals surface area (Å²) >= 11 is 1.82. The van der Waals surface area contributed by atoms with Gasteiger partial charge in [0.1, 0.15) is 0 Å². The average molecular weight is 668 g/mol. The van der Waals surface area contributed by atoms with E-state index in [1.165, 1.54) is 58.4 Å². The van der Waals surface area contributed by atoms with Gasteiger partial charge in [0.15, 0.2) is 17.5 Å². The van der Waals surface area contributed by atoms with Crippen LogP contribution < -0.4 is 0 Å². The van der Waals surface area contributed by atoms with Gasteiger partial charge in [-0.15, -0.1) is 11.3 Å². The third-order valence-electron chi connectivity index (χ3n) is 9.71. The van der Waals surface area contributed by atoms with Crippen molar-refractivity contribution in [3.05, 3.63) is 176 Å². The van der Waals surface area contributed by atoms with E-state index in [2.05, 4.69) is 140 Å². The second kappa shape index (κ2) is 12.1. The number of thiophene rings is 1. The standard InChI is InChI=1S/C47H29N3S/c1-3-15-30(16-4-1)45-48-46(31-17-5-2-6-18-31)50-47(49-45)33-28-41(44-39-25-13-14-26-42(39)51-43(44)29-33)38-24-12-11-23-37(38)40-27-32-19-7-8-20-34(32)35-21-9-10-22-36(35)40/h1-29H. The van der Waals surface area contributed by atoms with Crippen LogP contribution in [0.1, 0.15) is 0 Å². The molecule has 0 aliphatic carbocycles. The molecule has 0 N–H and O–H groups in total. The Kier molecular flexibility index (Phi) is 7.00. The zero-order valence-corrected chi connectivity index (χ0v) is 28.3. The molecule has 0 spiro atoms. The SMILES string of the molecule is c1ccc(-c2nc(-c3ccccc3)nc(-c3cc(-c4ccccc4-c4cc5ccccc5c5ccccc45)c4c(c3)sc3ccccc34)n2)cc1. The van der Waals surface area contributed by atoms with Gasteiger partial charge in [0.2, 0.25) is 0 Å². The van der Waals surface area contributed by atoms with Gasteiger partial charge in [0.25, 0.3) is 0 Å². The Morgan fingerprint density at radius 1 is 0.314 bits per heavy atom. The molecule has 51 heavy (non-hydrogen) atoms. The van der Waals surface area contributed by atoms with E-state index in [0.29, 0.717) is 17.5 Å². The third kappa shape index (κ3) is 5.08. The van der Waals surface area contributed by atoms with Gasteiger partial charge in [-0.2, -0.15) is 0 Å². The second-order valence-corrected chi connectivity index (χ2v) is 13.9. The van der Waals surface area contributed by atoms with E-state index in [4.69, 9.17) is 15.0 Å². The fourth-order valence-corrected chi connectivity index (χ4v) is 8.54. The molecule has 238 valence electrons. The summed E-state index contributed by atoms with van der Waals surface area (Å²) < 4.78 is 2.45. The van der Waals surface area contributed by atoms with E-state index < -0.39 is 0 Å². The minimum absolute atomic E-state index is 0.650. The van der Waals surface area contributed by atoms with Gasteiger partial charge in [-0.25, -0.2) is 15.0 Å². The summed E-state index contributed by atoms with van der Waals surface area (Å²) in [5.41, 5.74) is 7.61. The Balaban J connectivity index is 1.27. The van der Waals surface area contributed by atoms with E-state index in [0.717, 1.165) is 22.3 Å². The van der Waals surface area contributed by atoms with Crippen LogP contribution in [-0.4, -0.2) is 15.0 Å². The lowest BCUT2D eigenvalue weighted by atomic mass is 9.87. The van der Waals surface area contributed by atoms with E-state index in [-0.39, 0.29) is 0 Å². The summed E-state index contributed by atoms with van der Waals surface area (Å²) in [6.45, 7) is 0. The van der Waals surface area contributed by atoms with Crippen molar-refractivity contribution in [3.63, 3.8) is 0 Å². The molecular weight excluding hydrogens is 639 g/mol. The van der Waals surface area contributed by atoms with Gasteiger partial charge in [-0.3, -0.25) is 0 Å². The van der Waals surface area contributed by atoms with Crippen molar-refractivity contribution in [3.8, 4) is 56.4 Å². The molecule has 3 nitrogen and oxygen atoms in total. The maximum absolute atomic E-state index is 5.13. The number of nitrogens with zero attached hydrogens (tertiary/aromatic N) is 3. The minimum Gasteiger partial charge on any atom is -0.208 e. The maximum Gasteiger partial charge on any atom is 0.164 e. The van der Waals surface area contributed by atoms with Crippen LogP contribution >= 0.6 is 11.3 Å². The summed E-state index contributed by atoms with van der Waals surface area (Å²) in [5, 5.41) is 7.49. The molecule has 0 aliphatic heterocycles. The van der Waals surface area contributed by atoms with Gasteiger partial charge in [-0.1, -0.05) is 152 Å². The lowest BCUT2D eigenvalue weighted by Crippen LogP contribution is -2.00. The molecule has 0 unspecified atom stereocenters. The topological polar surface area (TPSA) is 38.7 Å². The van der Waals surface area contributed by atoms with Crippen molar-refractivity contribution in [2.24, 2.45) is 0 Å². The highest BCUT2D eigenvalue weighted by molar-refractivity contribution is 7.26. The first-order valence-electron chi connectivity index (χ1n) is 17.1. The fraction of sp³-hybridized carbons (Fsp3) is 0. The quantitative estimate of drug-likeness (QED) is 0.171. The Bertz CT molecular complexity index is 2860. The molecule has 8 aromatic carbocycles. The van der Waals surface area contributed by atoms with Gasteiger partial charge in [-0.05, 0) is 68.1 Å². The van der Waals surface area contributed by atoms with E-state index in [1.54, 1.807) is 0 Å². The molecule has 0 aliphatic rings. The predicted molar refractivity (Wildman–Crippen MR) is 215 cm³/mol. The molecule has 0 saturated carbocycles. The predicted octanol–water partition coefficient (Wildman–Crippen LogP) is 12.9. The first-order valence-corrected chi connectivity index (χ1v) is 17.9. The van der Waals surface area contributed by atoms with Crippen LogP contribution in [-0.2, 0) is 0 Å². The van der Waals surface area contributed by atoms with Gasteiger partial charge < -0.3 is 0 Å². The zero-order chi connectivity index (χ0) is 33.7. The second-order valence-electron chi connectivity index (χ2n) is 12.8. The van der Waals surface area contributed by atoms with Crippen LogP contribution in [0.3, 0.4) is 0 Å². The zero-order valence-electron chi connectivity index (χ0n) is 27.5. The van der Waals surface area contributed by atoms with E-state index in [1.807, 2.05) is 47.7 Å². The fourth-order valence-electron chi connectivity index (χ4n) is 7.36. The van der Waals surface area contributed by atoms with Crippen LogP contribution in [0.15, 0.2) is 176 Å². The number of benzene rings is 8. The molecule has 2 heterocycles. The van der Waals surface area contributed by atoms with Crippen LogP contribution in [0.5, 0.6) is 0 Å². The number of rotatable bonds is 5. The summed E-state index contributed by atoms with van der Waals surface area (Å²) in [6.07, 6.45) is 0. The first-order chi connectivity index (χ1) is 25.3. The molecule has 0 bridgehead atoms. The molecule has 0 saturated heterocycles. The highest BCUT2D eigenvalue weighted by Crippen LogP contribution is 2.46. The summed E-state index contributed by atoms with van der Waals surface area (Å²) in [7, 11) is 0. The largest absolute Gasteiger partial charge is 0.208 e. The summed E-state index contributed by atoms with van der Waals surface area (Å²) in [4.78, 5) is 15.2. The first kappa shape index (κ1) is 29.4. The van der Waals surface area contributed by atoms with E-state index in [9.17, 15) is 0 Å². The average Bonchev–Trinajstić information content (AvgIpc) is 3.59. The number of hydrogen-bond donors (Lipinski definition) is 0. The molecule has 4 heteroatoms. The molecule has 0 atom stereocenters. The van der Waals surface area contributed by atoms with Crippen molar-refractivity contribution in [2.75, 3.05) is 0 Å². The monoisotopic (exact) mass is 667 g/mol. The van der Waals surface area contributed by atoms with Crippen LogP contribution in [0, 0.1) is 0 Å². The lowest BCUT2D eigenvalue weighted by molar-refractivity contribution is 1.07. The Labute approximate surface area is 299 Å². The van der Waals surface area contributed by atoms with Crippen LogP contribution in [0.25, 0.3) is 98.1 Å². The summed E-state index contributed by atoms with van der Waals surface area (Å²) in [5.74, 6) is 1.96. The van der Waals surface area contributed by atoms with Crippen molar-refractivity contribution < 1.29 is 0 Å².